The summed E-state index contributed by atoms with van der Waals surface area (Å²) < 4.78 is 0. The SMILES string of the molecule is CCCN(CCC)C1CCCc2c1ccc(O)c2O. The third kappa shape index (κ3) is 2.86. The molecule has 0 bridgehead atoms. The van der Waals surface area contributed by atoms with Crippen LogP contribution in [-0.4, -0.2) is 28.2 Å². The first-order valence-electron chi connectivity index (χ1n) is 7.46. The number of phenolic OH excluding ortho intramolecular Hbond substituents is 2. The van der Waals surface area contributed by atoms with Crippen molar-refractivity contribution >= 4 is 0 Å². The summed E-state index contributed by atoms with van der Waals surface area (Å²) in [6.07, 6.45) is 5.40. The molecule has 19 heavy (non-hydrogen) atoms. The summed E-state index contributed by atoms with van der Waals surface area (Å²) in [7, 11) is 0. The highest BCUT2D eigenvalue weighted by molar-refractivity contribution is 5.51. The lowest BCUT2D eigenvalue weighted by molar-refractivity contribution is 0.178. The van der Waals surface area contributed by atoms with Crippen LogP contribution in [0.2, 0.25) is 0 Å². The molecular weight excluding hydrogens is 238 g/mol. The van der Waals surface area contributed by atoms with E-state index in [0.29, 0.717) is 6.04 Å². The van der Waals surface area contributed by atoms with Gasteiger partial charge in [-0.05, 0) is 56.8 Å². The number of rotatable bonds is 5. The fourth-order valence-corrected chi connectivity index (χ4v) is 3.22. The Morgan fingerprint density at radius 2 is 1.84 bits per heavy atom. The van der Waals surface area contributed by atoms with Gasteiger partial charge in [-0.25, -0.2) is 0 Å². The molecule has 1 aromatic carbocycles. The molecule has 0 fully saturated rings. The van der Waals surface area contributed by atoms with Crippen LogP contribution in [0.4, 0.5) is 0 Å². The molecule has 0 amide bonds. The molecule has 0 saturated carbocycles. The number of fused-ring (bicyclic) bond motifs is 1. The molecule has 106 valence electrons. The van der Waals surface area contributed by atoms with Gasteiger partial charge in [0.15, 0.2) is 11.5 Å². The van der Waals surface area contributed by atoms with Gasteiger partial charge in [-0.2, -0.15) is 0 Å². The lowest BCUT2D eigenvalue weighted by atomic mass is 9.85. The zero-order valence-electron chi connectivity index (χ0n) is 12.0. The van der Waals surface area contributed by atoms with Gasteiger partial charge in [0.25, 0.3) is 0 Å². The van der Waals surface area contributed by atoms with Crippen molar-refractivity contribution in [3.05, 3.63) is 23.3 Å². The van der Waals surface area contributed by atoms with Crippen molar-refractivity contribution in [1.29, 1.82) is 0 Å². The maximum absolute atomic E-state index is 10.0. The topological polar surface area (TPSA) is 43.7 Å². The van der Waals surface area contributed by atoms with Gasteiger partial charge in [0.2, 0.25) is 0 Å². The van der Waals surface area contributed by atoms with E-state index in [1.807, 2.05) is 6.07 Å². The van der Waals surface area contributed by atoms with E-state index in [1.165, 1.54) is 5.56 Å². The predicted octanol–water partition coefficient (Wildman–Crippen LogP) is 3.60. The number of hydrogen-bond acceptors (Lipinski definition) is 3. The quantitative estimate of drug-likeness (QED) is 0.798. The molecule has 0 radical (unpaired) electrons. The minimum absolute atomic E-state index is 0.0110. The molecule has 0 aliphatic heterocycles. The maximum Gasteiger partial charge on any atom is 0.161 e. The maximum atomic E-state index is 10.0. The Balaban J connectivity index is 2.33. The molecule has 0 aromatic heterocycles. The number of benzene rings is 1. The monoisotopic (exact) mass is 263 g/mol. The van der Waals surface area contributed by atoms with Gasteiger partial charge < -0.3 is 10.2 Å². The van der Waals surface area contributed by atoms with Crippen LogP contribution >= 0.6 is 0 Å². The van der Waals surface area contributed by atoms with Crippen LogP contribution in [0.5, 0.6) is 11.5 Å². The summed E-state index contributed by atoms with van der Waals surface area (Å²) in [4.78, 5) is 2.52. The normalized spacial score (nSPS) is 18.6. The average molecular weight is 263 g/mol. The first-order chi connectivity index (χ1) is 9.19. The van der Waals surface area contributed by atoms with E-state index in [-0.39, 0.29) is 11.5 Å². The van der Waals surface area contributed by atoms with Crippen LogP contribution in [0, 0.1) is 0 Å². The summed E-state index contributed by atoms with van der Waals surface area (Å²) in [6.45, 7) is 6.61. The molecule has 0 saturated heterocycles. The van der Waals surface area contributed by atoms with Crippen molar-refractivity contribution in [2.24, 2.45) is 0 Å². The van der Waals surface area contributed by atoms with Crippen LogP contribution in [0.15, 0.2) is 12.1 Å². The highest BCUT2D eigenvalue weighted by Gasteiger charge is 2.27. The van der Waals surface area contributed by atoms with Crippen molar-refractivity contribution in [2.45, 2.75) is 52.0 Å². The second-order valence-corrected chi connectivity index (χ2v) is 5.45. The molecule has 1 unspecified atom stereocenters. The summed E-state index contributed by atoms with van der Waals surface area (Å²) in [5, 5.41) is 19.7. The predicted molar refractivity (Wildman–Crippen MR) is 77.6 cm³/mol. The summed E-state index contributed by atoms with van der Waals surface area (Å²) in [5.74, 6) is 0.104. The van der Waals surface area contributed by atoms with Crippen LogP contribution < -0.4 is 0 Å². The Morgan fingerprint density at radius 3 is 2.47 bits per heavy atom. The third-order valence-electron chi connectivity index (χ3n) is 4.02. The molecule has 3 heteroatoms. The van der Waals surface area contributed by atoms with Crippen molar-refractivity contribution in [3.8, 4) is 11.5 Å². The van der Waals surface area contributed by atoms with Gasteiger partial charge in [0, 0.05) is 11.6 Å². The van der Waals surface area contributed by atoms with Crippen LogP contribution in [0.1, 0.15) is 56.7 Å². The Bertz CT molecular complexity index is 425. The number of aromatic hydroxyl groups is 2. The molecule has 1 atom stereocenters. The zero-order valence-corrected chi connectivity index (χ0v) is 12.0. The molecule has 0 heterocycles. The number of nitrogens with zero attached hydrogens (tertiary/aromatic N) is 1. The molecule has 0 spiro atoms. The van der Waals surface area contributed by atoms with Gasteiger partial charge in [0.05, 0.1) is 0 Å². The summed E-state index contributed by atoms with van der Waals surface area (Å²) in [6, 6.07) is 4.02. The lowest BCUT2D eigenvalue weighted by Crippen LogP contribution is -2.32. The van der Waals surface area contributed by atoms with Gasteiger partial charge >= 0.3 is 0 Å². The molecule has 2 N–H and O–H groups in total. The zero-order chi connectivity index (χ0) is 13.8. The fourth-order valence-electron chi connectivity index (χ4n) is 3.22. The van der Waals surface area contributed by atoms with Gasteiger partial charge in [-0.3, -0.25) is 4.90 Å². The van der Waals surface area contributed by atoms with Crippen LogP contribution in [-0.2, 0) is 6.42 Å². The Morgan fingerprint density at radius 1 is 1.16 bits per heavy atom. The lowest BCUT2D eigenvalue weighted by Gasteiger charge is -2.36. The van der Waals surface area contributed by atoms with Gasteiger partial charge in [-0.15, -0.1) is 0 Å². The summed E-state index contributed by atoms with van der Waals surface area (Å²) >= 11 is 0. The second kappa shape index (κ2) is 6.29. The summed E-state index contributed by atoms with van der Waals surface area (Å²) in [5.41, 5.74) is 2.16. The van der Waals surface area contributed by atoms with E-state index in [0.717, 1.165) is 50.8 Å². The first-order valence-corrected chi connectivity index (χ1v) is 7.46. The van der Waals surface area contributed by atoms with E-state index in [1.54, 1.807) is 6.07 Å². The molecular formula is C16H25NO2. The molecule has 1 aliphatic rings. The second-order valence-electron chi connectivity index (χ2n) is 5.45. The van der Waals surface area contributed by atoms with Gasteiger partial charge in [-0.1, -0.05) is 19.9 Å². The fraction of sp³-hybridized carbons (Fsp3) is 0.625. The first kappa shape index (κ1) is 14.2. The van der Waals surface area contributed by atoms with E-state index >= 15 is 0 Å². The molecule has 3 nitrogen and oxygen atoms in total. The van der Waals surface area contributed by atoms with E-state index in [2.05, 4.69) is 18.7 Å². The van der Waals surface area contributed by atoms with Crippen LogP contribution in [0.3, 0.4) is 0 Å². The van der Waals surface area contributed by atoms with E-state index < -0.39 is 0 Å². The third-order valence-corrected chi connectivity index (χ3v) is 4.02. The Hall–Kier alpha value is -1.22. The Labute approximate surface area is 115 Å². The molecule has 1 aliphatic carbocycles. The minimum atomic E-state index is 0.0110. The molecule has 1 aromatic rings. The highest BCUT2D eigenvalue weighted by atomic mass is 16.3. The van der Waals surface area contributed by atoms with Gasteiger partial charge in [0.1, 0.15) is 0 Å². The van der Waals surface area contributed by atoms with E-state index in [9.17, 15) is 10.2 Å². The van der Waals surface area contributed by atoms with E-state index in [4.69, 9.17) is 0 Å². The number of hydrogen-bond donors (Lipinski definition) is 2. The highest BCUT2D eigenvalue weighted by Crippen LogP contribution is 2.42. The average Bonchev–Trinajstić information content (AvgIpc) is 2.42. The molecule has 2 rings (SSSR count). The largest absolute Gasteiger partial charge is 0.504 e. The van der Waals surface area contributed by atoms with Crippen molar-refractivity contribution < 1.29 is 10.2 Å². The smallest absolute Gasteiger partial charge is 0.161 e. The van der Waals surface area contributed by atoms with Crippen molar-refractivity contribution in [3.63, 3.8) is 0 Å². The minimum Gasteiger partial charge on any atom is -0.504 e. The number of phenols is 2. The van der Waals surface area contributed by atoms with Crippen molar-refractivity contribution in [1.82, 2.24) is 4.90 Å². The standard InChI is InChI=1S/C16H25NO2/c1-3-10-17(11-4-2)14-7-5-6-13-12(14)8-9-15(18)16(13)19/h8-9,14,18-19H,3-7,10-11H2,1-2H3. The van der Waals surface area contributed by atoms with Crippen molar-refractivity contribution in [2.75, 3.05) is 13.1 Å². The Kier molecular flexibility index (Phi) is 4.70. The van der Waals surface area contributed by atoms with Crippen LogP contribution in [0.25, 0.3) is 0 Å².